The van der Waals surface area contributed by atoms with E-state index in [-0.39, 0.29) is 24.3 Å². The molecule has 0 spiro atoms. The van der Waals surface area contributed by atoms with Crippen molar-refractivity contribution in [2.24, 2.45) is 0 Å². The van der Waals surface area contributed by atoms with Crippen LogP contribution in [0.25, 0.3) is 11.3 Å². The molecule has 0 aliphatic carbocycles. The number of aromatic nitrogens is 4. The molecule has 0 saturated carbocycles. The third-order valence-electron chi connectivity index (χ3n) is 4.88. The molecule has 10 nitrogen and oxygen atoms in total. The molecule has 0 saturated heterocycles. The summed E-state index contributed by atoms with van der Waals surface area (Å²) in [4.78, 5) is 37.0. The molecule has 0 N–H and O–H groups in total. The van der Waals surface area contributed by atoms with Crippen LogP contribution in [0.15, 0.2) is 46.2 Å². The van der Waals surface area contributed by atoms with Gasteiger partial charge in [0.15, 0.2) is 0 Å². The number of ether oxygens (including phenoxy) is 1. The van der Waals surface area contributed by atoms with Crippen molar-refractivity contribution >= 4 is 5.69 Å². The molecule has 3 rings (SSSR count). The van der Waals surface area contributed by atoms with Crippen LogP contribution in [0.4, 0.5) is 10.1 Å². The minimum atomic E-state index is -1.06. The van der Waals surface area contributed by atoms with Gasteiger partial charge in [-0.3, -0.25) is 24.2 Å². The smallest absolute Gasteiger partial charge is 0.358 e. The van der Waals surface area contributed by atoms with Crippen molar-refractivity contribution in [1.82, 2.24) is 18.9 Å². The zero-order valence-corrected chi connectivity index (χ0v) is 17.3. The van der Waals surface area contributed by atoms with E-state index in [2.05, 4.69) is 5.10 Å². The summed E-state index contributed by atoms with van der Waals surface area (Å²) >= 11 is 0. The van der Waals surface area contributed by atoms with E-state index in [9.17, 15) is 24.1 Å². The molecule has 164 valence electrons. The van der Waals surface area contributed by atoms with Crippen LogP contribution in [0.3, 0.4) is 0 Å². The highest BCUT2D eigenvalue weighted by Crippen LogP contribution is 2.26. The second-order valence-electron chi connectivity index (χ2n) is 6.92. The Balaban J connectivity index is 2.22. The quantitative estimate of drug-likeness (QED) is 0.400. The fraction of sp³-hybridized carbons (Fsp3) is 0.350. The molecule has 0 fully saturated rings. The van der Waals surface area contributed by atoms with Gasteiger partial charge in [0.05, 0.1) is 17.7 Å². The van der Waals surface area contributed by atoms with Crippen LogP contribution in [0.2, 0.25) is 0 Å². The minimum absolute atomic E-state index is 0.0796. The molecule has 0 amide bonds. The maximum Gasteiger partial charge on any atom is 0.358 e. The Bertz CT molecular complexity index is 1230. The van der Waals surface area contributed by atoms with Crippen molar-refractivity contribution in [2.45, 2.75) is 39.6 Å². The molecule has 31 heavy (non-hydrogen) atoms. The maximum atomic E-state index is 14.0. The number of halogens is 1. The van der Waals surface area contributed by atoms with E-state index in [1.165, 1.54) is 41.7 Å². The normalized spacial score (nSPS) is 12.1. The van der Waals surface area contributed by atoms with E-state index in [0.29, 0.717) is 12.0 Å². The van der Waals surface area contributed by atoms with E-state index >= 15 is 0 Å². The average molecular weight is 431 g/mol. The monoisotopic (exact) mass is 431 g/mol. The van der Waals surface area contributed by atoms with E-state index in [1.54, 1.807) is 25.1 Å². The largest absolute Gasteiger partial charge is 0.361 e. The van der Waals surface area contributed by atoms with Crippen molar-refractivity contribution in [1.29, 1.82) is 0 Å². The van der Waals surface area contributed by atoms with Gasteiger partial charge in [-0.2, -0.15) is 5.10 Å². The predicted octanol–water partition coefficient (Wildman–Crippen LogP) is 2.54. The van der Waals surface area contributed by atoms with Crippen molar-refractivity contribution < 1.29 is 14.1 Å². The molecule has 3 aromatic rings. The first-order valence-corrected chi connectivity index (χ1v) is 9.62. The van der Waals surface area contributed by atoms with Crippen molar-refractivity contribution in [3.63, 3.8) is 0 Å². The van der Waals surface area contributed by atoms with Gasteiger partial charge in [0.1, 0.15) is 17.7 Å². The Labute approximate surface area is 176 Å². The van der Waals surface area contributed by atoms with Gasteiger partial charge < -0.3 is 4.74 Å². The first-order chi connectivity index (χ1) is 14.8. The molecule has 0 radical (unpaired) electrons. The number of rotatable bonds is 8. The van der Waals surface area contributed by atoms with Crippen molar-refractivity contribution in [2.75, 3.05) is 7.11 Å². The lowest BCUT2D eigenvalue weighted by molar-refractivity contribution is -0.386. The molecular formula is C20H22FN5O5. The summed E-state index contributed by atoms with van der Waals surface area (Å²) in [7, 11) is 1.30. The second kappa shape index (κ2) is 9.04. The fourth-order valence-corrected chi connectivity index (χ4v) is 3.34. The van der Waals surface area contributed by atoms with Crippen LogP contribution >= 0.6 is 0 Å². The zero-order valence-electron chi connectivity index (χ0n) is 17.3. The standard InChI is InChI=1S/C20H22FN5O5/c1-4-9-24-17(18(26(29)30)19(27)25(20(24)28)13(2)31-3)15-10-22-23(12-15)11-14-7-5-6-8-16(14)21/h5-8,10,12-13H,4,9,11H2,1-3H3. The SMILES string of the molecule is CCCn1c(-c2cnn(Cc3ccccc3F)c2)c([N+](=O)[O-])c(=O)n(C(C)OC)c1=O. The lowest BCUT2D eigenvalue weighted by atomic mass is 10.2. The molecule has 2 aromatic heterocycles. The molecule has 0 bridgehead atoms. The summed E-state index contributed by atoms with van der Waals surface area (Å²) in [5, 5.41) is 16.0. The van der Waals surface area contributed by atoms with Crippen LogP contribution in [0, 0.1) is 15.9 Å². The van der Waals surface area contributed by atoms with Gasteiger partial charge in [0.25, 0.3) is 0 Å². The summed E-state index contributed by atoms with van der Waals surface area (Å²) in [5.41, 5.74) is -2.08. The Kier molecular flexibility index (Phi) is 6.44. The Morgan fingerprint density at radius 3 is 2.61 bits per heavy atom. The van der Waals surface area contributed by atoms with Crippen LogP contribution in [0.1, 0.15) is 32.1 Å². The molecule has 1 atom stereocenters. The van der Waals surface area contributed by atoms with Gasteiger partial charge in [-0.1, -0.05) is 25.1 Å². The van der Waals surface area contributed by atoms with Crippen LogP contribution in [0.5, 0.6) is 0 Å². The molecule has 1 aromatic carbocycles. The Morgan fingerprint density at radius 2 is 2.00 bits per heavy atom. The number of hydrogen-bond acceptors (Lipinski definition) is 6. The minimum Gasteiger partial charge on any atom is -0.361 e. The summed E-state index contributed by atoms with van der Waals surface area (Å²) in [6.07, 6.45) is 2.27. The Hall–Kier alpha value is -3.60. The van der Waals surface area contributed by atoms with Gasteiger partial charge in [-0.25, -0.2) is 13.8 Å². The van der Waals surface area contributed by atoms with Crippen LogP contribution < -0.4 is 11.2 Å². The highest BCUT2D eigenvalue weighted by molar-refractivity contribution is 5.68. The molecule has 11 heteroatoms. The number of benzene rings is 1. The van der Waals surface area contributed by atoms with Crippen LogP contribution in [-0.4, -0.2) is 30.9 Å². The zero-order chi connectivity index (χ0) is 22.7. The number of nitrogens with zero attached hydrogens (tertiary/aromatic N) is 5. The van der Waals surface area contributed by atoms with Gasteiger partial charge in [0.2, 0.25) is 0 Å². The topological polar surface area (TPSA) is 114 Å². The van der Waals surface area contributed by atoms with Crippen molar-refractivity contribution in [3.8, 4) is 11.3 Å². The van der Waals surface area contributed by atoms with Crippen molar-refractivity contribution in [3.05, 3.63) is 79.0 Å². The second-order valence-corrected chi connectivity index (χ2v) is 6.92. The summed E-state index contributed by atoms with van der Waals surface area (Å²) in [6, 6.07) is 6.17. The molecule has 2 heterocycles. The van der Waals surface area contributed by atoms with Gasteiger partial charge in [0, 0.05) is 31.0 Å². The van der Waals surface area contributed by atoms with E-state index < -0.39 is 33.9 Å². The fourth-order valence-electron chi connectivity index (χ4n) is 3.34. The third kappa shape index (κ3) is 4.17. The first-order valence-electron chi connectivity index (χ1n) is 9.62. The summed E-state index contributed by atoms with van der Waals surface area (Å²) < 4.78 is 22.3. The highest BCUT2D eigenvalue weighted by Gasteiger charge is 2.31. The average Bonchev–Trinajstić information content (AvgIpc) is 3.19. The molecule has 0 aliphatic heterocycles. The maximum absolute atomic E-state index is 14.0. The van der Waals surface area contributed by atoms with E-state index in [1.807, 2.05) is 0 Å². The molecular weight excluding hydrogens is 409 g/mol. The predicted molar refractivity (Wildman–Crippen MR) is 110 cm³/mol. The Morgan fingerprint density at radius 1 is 1.29 bits per heavy atom. The third-order valence-corrected chi connectivity index (χ3v) is 4.88. The van der Waals surface area contributed by atoms with E-state index in [4.69, 9.17) is 4.74 Å². The number of methoxy groups -OCH3 is 1. The van der Waals surface area contributed by atoms with Crippen LogP contribution in [-0.2, 0) is 17.8 Å². The van der Waals surface area contributed by atoms with Gasteiger partial charge in [-0.15, -0.1) is 0 Å². The lowest BCUT2D eigenvalue weighted by Crippen LogP contribution is -2.43. The molecule has 0 aliphatic rings. The highest BCUT2D eigenvalue weighted by atomic mass is 19.1. The summed E-state index contributed by atoms with van der Waals surface area (Å²) in [5.74, 6) is -0.412. The van der Waals surface area contributed by atoms with Gasteiger partial charge in [-0.05, 0) is 19.4 Å². The first kappa shape index (κ1) is 22.1. The summed E-state index contributed by atoms with van der Waals surface area (Å²) in [6.45, 7) is 3.48. The van der Waals surface area contributed by atoms with E-state index in [0.717, 1.165) is 4.57 Å². The number of hydrogen-bond donors (Lipinski definition) is 0. The number of nitro groups is 1. The molecule has 1 unspecified atom stereocenters. The van der Waals surface area contributed by atoms with Gasteiger partial charge >= 0.3 is 16.9 Å². The lowest BCUT2D eigenvalue weighted by Gasteiger charge is -2.17.